The first-order valence-corrected chi connectivity index (χ1v) is 8.41. The summed E-state index contributed by atoms with van der Waals surface area (Å²) >= 11 is 14.0. The predicted octanol–water partition coefficient (Wildman–Crippen LogP) is 4.49. The first-order valence-electron chi connectivity index (χ1n) is 6.46. The number of fused-ring (bicyclic) bond motifs is 1. The number of alkyl halides is 2. The van der Waals surface area contributed by atoms with Gasteiger partial charge >= 0.3 is 0 Å². The number of hydrogen-bond acceptors (Lipinski definition) is 2. The van der Waals surface area contributed by atoms with Crippen molar-refractivity contribution in [3.8, 4) is 0 Å². The zero-order valence-corrected chi connectivity index (χ0v) is 13.4. The van der Waals surface area contributed by atoms with E-state index in [1.54, 1.807) is 17.4 Å². The maximum Gasteiger partial charge on any atom is 0.193 e. The molecule has 0 bridgehead atoms. The van der Waals surface area contributed by atoms with Crippen molar-refractivity contribution in [3.05, 3.63) is 59.1 Å². The number of aromatic nitrogens is 2. The van der Waals surface area contributed by atoms with Gasteiger partial charge in [-0.3, -0.25) is 4.40 Å². The van der Waals surface area contributed by atoms with Crippen molar-refractivity contribution in [2.24, 2.45) is 0 Å². The Morgan fingerprint density at radius 2 is 2.10 bits per heavy atom. The van der Waals surface area contributed by atoms with Crippen LogP contribution >= 0.6 is 34.5 Å². The summed E-state index contributed by atoms with van der Waals surface area (Å²) in [5.41, 5.74) is 1.20. The van der Waals surface area contributed by atoms with E-state index in [0.717, 1.165) is 16.2 Å². The van der Waals surface area contributed by atoms with Crippen LogP contribution in [-0.4, -0.2) is 21.1 Å². The fourth-order valence-corrected chi connectivity index (χ4v) is 3.92. The Morgan fingerprint density at radius 3 is 2.76 bits per heavy atom. The summed E-state index contributed by atoms with van der Waals surface area (Å²) in [6.45, 7) is 0. The van der Waals surface area contributed by atoms with Crippen LogP contribution in [0.4, 0.5) is 4.39 Å². The molecule has 2 aromatic heterocycles. The molecule has 0 spiro atoms. The summed E-state index contributed by atoms with van der Waals surface area (Å²) in [6.07, 6.45) is 4.51. The van der Waals surface area contributed by atoms with Gasteiger partial charge in [0.2, 0.25) is 0 Å². The molecule has 3 rings (SSSR count). The van der Waals surface area contributed by atoms with Crippen LogP contribution in [0.5, 0.6) is 0 Å². The van der Waals surface area contributed by atoms with Crippen LogP contribution in [-0.2, 0) is 11.8 Å². The van der Waals surface area contributed by atoms with Crippen LogP contribution in [0.3, 0.4) is 0 Å². The molecule has 0 aliphatic carbocycles. The molecule has 0 amide bonds. The first-order chi connectivity index (χ1) is 10.2. The second-order valence-electron chi connectivity index (χ2n) is 5.06. The molecule has 2 nitrogen and oxygen atoms in total. The fourth-order valence-electron chi connectivity index (χ4n) is 2.41. The quantitative estimate of drug-likeness (QED) is 0.624. The molecule has 0 fully saturated rings. The summed E-state index contributed by atoms with van der Waals surface area (Å²) < 4.78 is 15.5. The van der Waals surface area contributed by atoms with Crippen LogP contribution in [0.15, 0.2) is 42.0 Å². The minimum Gasteiger partial charge on any atom is -0.297 e. The third-order valence-corrected chi connectivity index (χ3v) is 5.41. The molecule has 110 valence electrons. The monoisotopic (exact) mass is 342 g/mol. The SMILES string of the molecule is Fc1cccc(C(CCl)(CCl)Cc2cn3ccsc3n2)c1. The number of hydrogen-bond donors (Lipinski definition) is 0. The third-order valence-electron chi connectivity index (χ3n) is 3.61. The second-order valence-corrected chi connectivity index (χ2v) is 6.47. The second kappa shape index (κ2) is 5.95. The average molecular weight is 343 g/mol. The fraction of sp³-hybridized carbons (Fsp3) is 0.267. The van der Waals surface area contributed by atoms with E-state index in [1.165, 1.54) is 12.1 Å². The van der Waals surface area contributed by atoms with Crippen molar-refractivity contribution in [1.29, 1.82) is 0 Å². The zero-order chi connectivity index (χ0) is 14.9. The molecule has 0 N–H and O–H groups in total. The summed E-state index contributed by atoms with van der Waals surface area (Å²) in [5.74, 6) is 0.342. The van der Waals surface area contributed by atoms with Gasteiger partial charge in [-0.1, -0.05) is 12.1 Å². The van der Waals surface area contributed by atoms with E-state index in [4.69, 9.17) is 23.2 Å². The van der Waals surface area contributed by atoms with Crippen molar-refractivity contribution in [2.75, 3.05) is 11.8 Å². The van der Waals surface area contributed by atoms with Crippen LogP contribution in [0.1, 0.15) is 11.3 Å². The third kappa shape index (κ3) is 2.80. The number of imidazole rings is 1. The van der Waals surface area contributed by atoms with Gasteiger partial charge in [0, 0.05) is 41.4 Å². The molecule has 3 aromatic rings. The van der Waals surface area contributed by atoms with Gasteiger partial charge in [-0.05, 0) is 17.7 Å². The van der Waals surface area contributed by atoms with Crippen molar-refractivity contribution in [2.45, 2.75) is 11.8 Å². The van der Waals surface area contributed by atoms with Crippen LogP contribution in [0.25, 0.3) is 4.96 Å². The number of rotatable bonds is 5. The minimum atomic E-state index is -0.519. The van der Waals surface area contributed by atoms with E-state index < -0.39 is 5.41 Å². The van der Waals surface area contributed by atoms with Gasteiger partial charge in [0.15, 0.2) is 4.96 Å². The van der Waals surface area contributed by atoms with Crippen molar-refractivity contribution < 1.29 is 4.39 Å². The van der Waals surface area contributed by atoms with Gasteiger partial charge in [-0.15, -0.1) is 34.5 Å². The molecular weight excluding hydrogens is 330 g/mol. The highest BCUT2D eigenvalue weighted by molar-refractivity contribution is 7.15. The summed E-state index contributed by atoms with van der Waals surface area (Å²) in [4.78, 5) is 5.50. The van der Waals surface area contributed by atoms with Gasteiger partial charge in [0.05, 0.1) is 5.69 Å². The Kier molecular flexibility index (Phi) is 4.20. The largest absolute Gasteiger partial charge is 0.297 e. The van der Waals surface area contributed by atoms with E-state index in [0.29, 0.717) is 18.2 Å². The Hall–Kier alpha value is -1.10. The lowest BCUT2D eigenvalue weighted by Crippen LogP contribution is -2.33. The highest BCUT2D eigenvalue weighted by Gasteiger charge is 2.32. The normalized spacial score (nSPS) is 12.1. The highest BCUT2D eigenvalue weighted by atomic mass is 35.5. The molecule has 1 aromatic carbocycles. The van der Waals surface area contributed by atoms with Gasteiger partial charge in [0.25, 0.3) is 0 Å². The topological polar surface area (TPSA) is 17.3 Å². The summed E-state index contributed by atoms with van der Waals surface area (Å²) in [7, 11) is 0. The van der Waals surface area contributed by atoms with Crippen LogP contribution in [0, 0.1) is 5.82 Å². The van der Waals surface area contributed by atoms with Crippen molar-refractivity contribution in [1.82, 2.24) is 9.38 Å². The molecule has 0 saturated heterocycles. The zero-order valence-electron chi connectivity index (χ0n) is 11.1. The van der Waals surface area contributed by atoms with E-state index in [1.807, 2.05) is 28.2 Å². The van der Waals surface area contributed by atoms with E-state index in [9.17, 15) is 4.39 Å². The molecule has 6 heteroatoms. The molecule has 0 atom stereocenters. The summed E-state index contributed by atoms with van der Waals surface area (Å²) in [6, 6.07) is 6.48. The van der Waals surface area contributed by atoms with E-state index >= 15 is 0 Å². The molecule has 21 heavy (non-hydrogen) atoms. The molecule has 0 unspecified atom stereocenters. The Bertz CT molecular complexity index is 720. The highest BCUT2D eigenvalue weighted by Crippen LogP contribution is 2.32. The lowest BCUT2D eigenvalue weighted by molar-refractivity contribution is 0.523. The molecule has 0 radical (unpaired) electrons. The van der Waals surface area contributed by atoms with E-state index in [2.05, 4.69) is 4.98 Å². The van der Waals surface area contributed by atoms with Crippen LogP contribution in [0.2, 0.25) is 0 Å². The smallest absolute Gasteiger partial charge is 0.193 e. The Morgan fingerprint density at radius 1 is 1.29 bits per heavy atom. The number of benzene rings is 1. The maximum absolute atomic E-state index is 13.5. The minimum absolute atomic E-state index is 0.280. The van der Waals surface area contributed by atoms with Crippen molar-refractivity contribution >= 4 is 39.5 Å². The number of thiazole rings is 1. The van der Waals surface area contributed by atoms with Crippen molar-refractivity contribution in [3.63, 3.8) is 0 Å². The maximum atomic E-state index is 13.5. The first kappa shape index (κ1) is 14.8. The molecule has 0 aliphatic heterocycles. The lowest BCUT2D eigenvalue weighted by Gasteiger charge is -2.29. The Labute approximate surface area is 136 Å². The Balaban J connectivity index is 1.98. The lowest BCUT2D eigenvalue weighted by atomic mass is 9.80. The molecule has 0 aliphatic rings. The van der Waals surface area contributed by atoms with Crippen LogP contribution < -0.4 is 0 Å². The van der Waals surface area contributed by atoms with E-state index in [-0.39, 0.29) is 5.82 Å². The molecule has 2 heterocycles. The van der Waals surface area contributed by atoms with Gasteiger partial charge in [0.1, 0.15) is 5.82 Å². The van der Waals surface area contributed by atoms with Gasteiger partial charge in [-0.25, -0.2) is 9.37 Å². The van der Waals surface area contributed by atoms with Gasteiger partial charge in [-0.2, -0.15) is 0 Å². The van der Waals surface area contributed by atoms with Gasteiger partial charge < -0.3 is 0 Å². The molecule has 0 saturated carbocycles. The number of nitrogens with zero attached hydrogens (tertiary/aromatic N) is 2. The predicted molar refractivity (Wildman–Crippen MR) is 86.3 cm³/mol. The average Bonchev–Trinajstić information content (AvgIpc) is 3.06. The standard InChI is InChI=1S/C15H13Cl2FN2S/c16-9-15(10-17,11-2-1-3-12(18)6-11)7-13-8-20-4-5-21-14(20)19-13/h1-6,8H,7,9-10H2. The summed E-state index contributed by atoms with van der Waals surface area (Å²) in [5, 5.41) is 1.98. The number of halogens is 3. The molecular formula is C15H13Cl2FN2S.